The van der Waals surface area contributed by atoms with Crippen molar-refractivity contribution in [3.63, 3.8) is 0 Å². The SMILES string of the molecule is Cc1ccc(NC(=O)c2cc(Cl)ccc2N(O)O)nc1. The second-order valence-corrected chi connectivity index (χ2v) is 4.56. The number of aryl methyl sites for hydroxylation is 1. The van der Waals surface area contributed by atoms with Crippen LogP contribution in [0.5, 0.6) is 0 Å². The summed E-state index contributed by atoms with van der Waals surface area (Å²) in [6, 6.07) is 7.54. The van der Waals surface area contributed by atoms with Gasteiger partial charge in [0.25, 0.3) is 5.91 Å². The van der Waals surface area contributed by atoms with Crippen LogP contribution in [0, 0.1) is 6.92 Å². The standard InChI is InChI=1S/C13H12ClN3O3/c1-8-2-5-12(15-7-8)16-13(18)10-6-9(14)3-4-11(10)17(19)20/h2-7,19-20H,1H3,(H,15,16,18). The monoisotopic (exact) mass is 293 g/mol. The number of pyridine rings is 1. The van der Waals surface area contributed by atoms with Crippen LogP contribution in [0.4, 0.5) is 11.5 Å². The highest BCUT2D eigenvalue weighted by atomic mass is 35.5. The summed E-state index contributed by atoms with van der Waals surface area (Å²) in [5.41, 5.74) is 0.896. The number of nitrogens with zero attached hydrogens (tertiary/aromatic N) is 2. The predicted molar refractivity (Wildman–Crippen MR) is 74.4 cm³/mol. The van der Waals surface area contributed by atoms with Crippen molar-refractivity contribution >= 4 is 29.0 Å². The van der Waals surface area contributed by atoms with Crippen LogP contribution >= 0.6 is 11.6 Å². The van der Waals surface area contributed by atoms with E-state index >= 15 is 0 Å². The van der Waals surface area contributed by atoms with Crippen LogP contribution in [0.25, 0.3) is 0 Å². The van der Waals surface area contributed by atoms with Crippen LogP contribution in [-0.4, -0.2) is 21.3 Å². The first-order valence-electron chi connectivity index (χ1n) is 5.69. The minimum Gasteiger partial charge on any atom is -0.306 e. The molecule has 1 amide bonds. The molecule has 1 heterocycles. The Balaban J connectivity index is 2.28. The lowest BCUT2D eigenvalue weighted by Gasteiger charge is -2.13. The van der Waals surface area contributed by atoms with Crippen molar-refractivity contribution < 1.29 is 15.2 Å². The molecule has 7 heteroatoms. The Labute approximate surface area is 120 Å². The molecule has 0 atom stereocenters. The molecule has 20 heavy (non-hydrogen) atoms. The molecule has 0 spiro atoms. The Morgan fingerprint density at radius 1 is 1.30 bits per heavy atom. The molecule has 3 N–H and O–H groups in total. The molecular formula is C13H12ClN3O3. The van der Waals surface area contributed by atoms with Crippen LogP contribution in [-0.2, 0) is 0 Å². The van der Waals surface area contributed by atoms with Gasteiger partial charge in [-0.1, -0.05) is 17.7 Å². The second-order valence-electron chi connectivity index (χ2n) is 4.13. The van der Waals surface area contributed by atoms with Gasteiger partial charge in [-0.2, -0.15) is 0 Å². The van der Waals surface area contributed by atoms with Gasteiger partial charge in [-0.3, -0.25) is 15.2 Å². The zero-order valence-corrected chi connectivity index (χ0v) is 11.3. The van der Waals surface area contributed by atoms with Gasteiger partial charge in [-0.25, -0.2) is 4.98 Å². The minimum absolute atomic E-state index is 0.0184. The molecule has 1 aromatic heterocycles. The number of hydrogen-bond donors (Lipinski definition) is 3. The number of amides is 1. The van der Waals surface area contributed by atoms with Gasteiger partial charge in [0.2, 0.25) is 0 Å². The smallest absolute Gasteiger partial charge is 0.259 e. The average molecular weight is 294 g/mol. The van der Waals surface area contributed by atoms with Gasteiger partial charge in [-0.15, -0.1) is 5.23 Å². The Kier molecular flexibility index (Phi) is 4.19. The first kappa shape index (κ1) is 14.3. The first-order chi connectivity index (χ1) is 9.47. The Hall–Kier alpha value is -2.15. The summed E-state index contributed by atoms with van der Waals surface area (Å²) in [7, 11) is 0. The molecule has 104 valence electrons. The third kappa shape index (κ3) is 3.24. The van der Waals surface area contributed by atoms with Crippen molar-refractivity contribution in [2.24, 2.45) is 0 Å². The number of carbonyl (C=O) groups is 1. The zero-order valence-electron chi connectivity index (χ0n) is 10.5. The molecule has 0 aliphatic rings. The molecule has 2 rings (SSSR count). The highest BCUT2D eigenvalue weighted by molar-refractivity contribution is 6.31. The van der Waals surface area contributed by atoms with Crippen LogP contribution in [0.1, 0.15) is 15.9 Å². The van der Waals surface area contributed by atoms with Gasteiger partial charge in [0, 0.05) is 11.2 Å². The third-order valence-corrected chi connectivity index (χ3v) is 2.81. The van der Waals surface area contributed by atoms with Crippen LogP contribution in [0.2, 0.25) is 5.02 Å². The van der Waals surface area contributed by atoms with Crippen molar-refractivity contribution in [1.82, 2.24) is 4.98 Å². The number of hydrogen-bond acceptors (Lipinski definition) is 5. The van der Waals surface area contributed by atoms with Crippen molar-refractivity contribution in [3.8, 4) is 0 Å². The summed E-state index contributed by atoms with van der Waals surface area (Å²) >= 11 is 5.81. The van der Waals surface area contributed by atoms with Crippen molar-refractivity contribution in [2.45, 2.75) is 6.92 Å². The fourth-order valence-electron chi connectivity index (χ4n) is 1.59. The lowest BCUT2D eigenvalue weighted by Crippen LogP contribution is -2.19. The molecule has 0 bridgehead atoms. The molecule has 0 fully saturated rings. The van der Waals surface area contributed by atoms with Gasteiger partial charge < -0.3 is 5.32 Å². The number of halogens is 1. The van der Waals surface area contributed by atoms with Gasteiger partial charge in [0.05, 0.1) is 5.56 Å². The quantitative estimate of drug-likeness (QED) is 0.758. The molecule has 1 aromatic carbocycles. The molecule has 0 saturated heterocycles. The molecule has 0 saturated carbocycles. The summed E-state index contributed by atoms with van der Waals surface area (Å²) in [4.78, 5) is 16.2. The Bertz CT molecular complexity index is 629. The van der Waals surface area contributed by atoms with E-state index in [2.05, 4.69) is 10.3 Å². The molecule has 0 aliphatic heterocycles. The van der Waals surface area contributed by atoms with E-state index in [9.17, 15) is 4.79 Å². The molecular weight excluding hydrogens is 282 g/mol. The van der Waals surface area contributed by atoms with E-state index in [0.717, 1.165) is 5.56 Å². The van der Waals surface area contributed by atoms with Gasteiger partial charge in [0.15, 0.2) is 0 Å². The molecule has 2 aromatic rings. The van der Waals surface area contributed by atoms with Gasteiger partial charge >= 0.3 is 0 Å². The maximum absolute atomic E-state index is 12.1. The van der Waals surface area contributed by atoms with E-state index in [0.29, 0.717) is 10.8 Å². The number of aromatic nitrogens is 1. The maximum atomic E-state index is 12.1. The normalized spacial score (nSPS) is 10.2. The Morgan fingerprint density at radius 3 is 2.65 bits per heavy atom. The van der Waals surface area contributed by atoms with Crippen molar-refractivity contribution in [1.29, 1.82) is 0 Å². The summed E-state index contributed by atoms with van der Waals surface area (Å²) in [6.07, 6.45) is 1.61. The van der Waals surface area contributed by atoms with Crippen LogP contribution in [0.3, 0.4) is 0 Å². The van der Waals surface area contributed by atoms with E-state index in [-0.39, 0.29) is 16.5 Å². The highest BCUT2D eigenvalue weighted by Crippen LogP contribution is 2.23. The number of rotatable bonds is 3. The fourth-order valence-corrected chi connectivity index (χ4v) is 1.76. The van der Waals surface area contributed by atoms with E-state index < -0.39 is 5.91 Å². The average Bonchev–Trinajstić information content (AvgIpc) is 2.41. The Morgan fingerprint density at radius 2 is 2.05 bits per heavy atom. The largest absolute Gasteiger partial charge is 0.306 e. The zero-order chi connectivity index (χ0) is 14.7. The van der Waals surface area contributed by atoms with Gasteiger partial charge in [0.1, 0.15) is 11.5 Å². The lowest BCUT2D eigenvalue weighted by atomic mass is 10.1. The third-order valence-electron chi connectivity index (χ3n) is 2.57. The van der Waals surface area contributed by atoms with E-state index in [4.69, 9.17) is 22.0 Å². The van der Waals surface area contributed by atoms with E-state index in [1.54, 1.807) is 18.3 Å². The topological polar surface area (TPSA) is 85.7 Å². The van der Waals surface area contributed by atoms with Crippen molar-refractivity contribution in [2.75, 3.05) is 10.5 Å². The summed E-state index contributed by atoms with van der Waals surface area (Å²) < 4.78 is 0. The summed E-state index contributed by atoms with van der Waals surface area (Å²) in [5.74, 6) is -0.194. The predicted octanol–water partition coefficient (Wildman–Crippen LogP) is 2.88. The molecule has 0 aliphatic carbocycles. The summed E-state index contributed by atoms with van der Waals surface area (Å²) in [5, 5.41) is 20.9. The summed E-state index contributed by atoms with van der Waals surface area (Å²) in [6.45, 7) is 1.88. The van der Waals surface area contributed by atoms with Crippen LogP contribution in [0.15, 0.2) is 36.5 Å². The molecule has 6 nitrogen and oxygen atoms in total. The second kappa shape index (κ2) is 5.87. The number of carbonyl (C=O) groups excluding carboxylic acids is 1. The number of nitrogens with one attached hydrogen (secondary N) is 1. The first-order valence-corrected chi connectivity index (χ1v) is 6.06. The number of benzene rings is 1. The fraction of sp³-hybridized carbons (Fsp3) is 0.0769. The van der Waals surface area contributed by atoms with Gasteiger partial charge in [-0.05, 0) is 36.8 Å². The van der Waals surface area contributed by atoms with E-state index in [1.165, 1.54) is 18.2 Å². The highest BCUT2D eigenvalue weighted by Gasteiger charge is 2.16. The van der Waals surface area contributed by atoms with E-state index in [1.807, 2.05) is 6.92 Å². The molecule has 0 radical (unpaired) electrons. The lowest BCUT2D eigenvalue weighted by molar-refractivity contribution is 0.0286. The molecule has 0 unspecified atom stereocenters. The maximum Gasteiger partial charge on any atom is 0.259 e. The minimum atomic E-state index is -0.549. The van der Waals surface area contributed by atoms with Crippen molar-refractivity contribution in [3.05, 3.63) is 52.7 Å². The van der Waals surface area contributed by atoms with Crippen LogP contribution < -0.4 is 10.5 Å². The number of anilines is 2.